The Balaban J connectivity index is 1.94. The Morgan fingerprint density at radius 3 is 3.13 bits per heavy atom. The normalized spacial score (nSPS) is 19.7. The quantitative estimate of drug-likeness (QED) is 0.730. The van der Waals surface area contributed by atoms with Crippen molar-refractivity contribution in [3.05, 3.63) is 11.4 Å². The number of alkyl halides is 1. The van der Waals surface area contributed by atoms with Crippen LogP contribution in [-0.2, 0) is 17.6 Å². The molecule has 1 heterocycles. The summed E-state index contributed by atoms with van der Waals surface area (Å²) in [6.45, 7) is 0.530. The molecular weight excluding hydrogens is 216 g/mol. The summed E-state index contributed by atoms with van der Waals surface area (Å²) in [7, 11) is 0. The Morgan fingerprint density at radius 1 is 1.53 bits per heavy atom. The molecule has 0 saturated heterocycles. The molecule has 0 aliphatic heterocycles. The molecule has 0 spiro atoms. The lowest BCUT2D eigenvalue weighted by Crippen LogP contribution is -2.35. The highest BCUT2D eigenvalue weighted by Gasteiger charge is 2.26. The molecule has 1 atom stereocenters. The lowest BCUT2D eigenvalue weighted by molar-refractivity contribution is -0.125. The number of halogens is 1. The molecule has 1 aromatic rings. The molecule has 0 saturated carbocycles. The molecule has 2 rings (SSSR count). The van der Waals surface area contributed by atoms with Crippen LogP contribution >= 0.6 is 11.6 Å². The first-order valence-corrected chi connectivity index (χ1v) is 5.57. The maximum atomic E-state index is 11.7. The highest BCUT2D eigenvalue weighted by Crippen LogP contribution is 2.22. The van der Waals surface area contributed by atoms with Crippen LogP contribution in [0.15, 0.2) is 0 Å². The van der Waals surface area contributed by atoms with Gasteiger partial charge < -0.3 is 5.32 Å². The molecule has 1 aliphatic carbocycles. The highest BCUT2D eigenvalue weighted by atomic mass is 35.5. The first-order chi connectivity index (χ1) is 7.31. The second-order valence-corrected chi connectivity index (χ2v) is 4.01. The number of hydrogen-bond acceptors (Lipinski definition) is 3. The summed E-state index contributed by atoms with van der Waals surface area (Å²) in [6.07, 6.45) is 2.35. The van der Waals surface area contributed by atoms with Crippen LogP contribution in [0.1, 0.15) is 17.8 Å². The number of carbonyl (C=O) groups excluding carboxylic acids is 1. The van der Waals surface area contributed by atoms with Crippen molar-refractivity contribution in [2.24, 2.45) is 5.92 Å². The number of aromatic nitrogens is 3. The number of rotatable bonds is 3. The molecule has 1 amide bonds. The van der Waals surface area contributed by atoms with Crippen molar-refractivity contribution >= 4 is 17.5 Å². The SMILES string of the molecule is O=C(NCCCl)C1CCc2n[nH]nc2C1. The standard InChI is InChI=1S/C9H13ClN4O/c10-3-4-11-9(15)6-1-2-7-8(5-6)13-14-12-7/h6H,1-5H2,(H,11,15)(H,12,13,14). The second kappa shape index (κ2) is 4.61. The van der Waals surface area contributed by atoms with E-state index in [4.69, 9.17) is 11.6 Å². The molecule has 0 fully saturated rings. The van der Waals surface area contributed by atoms with Crippen LogP contribution in [0, 0.1) is 5.92 Å². The van der Waals surface area contributed by atoms with Gasteiger partial charge in [0.05, 0.1) is 11.4 Å². The lowest BCUT2D eigenvalue weighted by Gasteiger charge is -2.19. The van der Waals surface area contributed by atoms with Gasteiger partial charge in [-0.05, 0) is 12.8 Å². The zero-order valence-corrected chi connectivity index (χ0v) is 9.05. The average molecular weight is 229 g/mol. The number of aryl methyl sites for hydroxylation is 1. The molecule has 15 heavy (non-hydrogen) atoms. The first kappa shape index (κ1) is 10.4. The number of nitrogens with one attached hydrogen (secondary N) is 2. The van der Waals surface area contributed by atoms with E-state index >= 15 is 0 Å². The Kier molecular flexibility index (Phi) is 3.20. The van der Waals surface area contributed by atoms with E-state index in [2.05, 4.69) is 20.7 Å². The van der Waals surface area contributed by atoms with Crippen LogP contribution < -0.4 is 5.32 Å². The number of hydrogen-bond donors (Lipinski definition) is 2. The number of carbonyl (C=O) groups is 1. The highest BCUT2D eigenvalue weighted by molar-refractivity contribution is 6.18. The van der Waals surface area contributed by atoms with Gasteiger partial charge >= 0.3 is 0 Å². The van der Waals surface area contributed by atoms with E-state index in [0.29, 0.717) is 18.8 Å². The van der Waals surface area contributed by atoms with E-state index in [-0.39, 0.29) is 11.8 Å². The average Bonchev–Trinajstić information content (AvgIpc) is 2.72. The van der Waals surface area contributed by atoms with Gasteiger partial charge in [-0.15, -0.1) is 11.6 Å². The smallest absolute Gasteiger partial charge is 0.223 e. The zero-order valence-electron chi connectivity index (χ0n) is 8.29. The molecule has 6 heteroatoms. The Bertz CT molecular complexity index is 352. The maximum Gasteiger partial charge on any atom is 0.223 e. The predicted molar refractivity (Wildman–Crippen MR) is 55.6 cm³/mol. The van der Waals surface area contributed by atoms with Crippen molar-refractivity contribution in [1.82, 2.24) is 20.7 Å². The Labute approximate surface area is 92.6 Å². The fraction of sp³-hybridized carbons (Fsp3) is 0.667. The minimum atomic E-state index is 0.0193. The van der Waals surface area contributed by atoms with E-state index in [0.717, 1.165) is 24.2 Å². The fourth-order valence-electron chi connectivity index (χ4n) is 1.82. The van der Waals surface area contributed by atoms with E-state index in [1.165, 1.54) is 0 Å². The molecule has 82 valence electrons. The minimum absolute atomic E-state index is 0.0193. The summed E-state index contributed by atoms with van der Waals surface area (Å²) >= 11 is 5.51. The molecule has 1 aliphatic rings. The third-order valence-electron chi connectivity index (χ3n) is 2.64. The van der Waals surface area contributed by atoms with Crippen LogP contribution in [0.3, 0.4) is 0 Å². The topological polar surface area (TPSA) is 70.7 Å². The Hall–Kier alpha value is -1.10. The molecule has 2 N–H and O–H groups in total. The van der Waals surface area contributed by atoms with Crippen molar-refractivity contribution in [1.29, 1.82) is 0 Å². The van der Waals surface area contributed by atoms with Gasteiger partial charge in [-0.3, -0.25) is 4.79 Å². The molecule has 0 bridgehead atoms. The fourth-order valence-corrected chi connectivity index (χ4v) is 1.92. The van der Waals surface area contributed by atoms with Crippen molar-refractivity contribution in [3.63, 3.8) is 0 Å². The van der Waals surface area contributed by atoms with E-state index in [1.807, 2.05) is 0 Å². The van der Waals surface area contributed by atoms with Gasteiger partial charge in [-0.2, -0.15) is 15.4 Å². The summed E-state index contributed by atoms with van der Waals surface area (Å²) in [5.41, 5.74) is 1.92. The van der Waals surface area contributed by atoms with Gasteiger partial charge in [0.25, 0.3) is 0 Å². The molecule has 5 nitrogen and oxygen atoms in total. The molecule has 1 aromatic heterocycles. The van der Waals surface area contributed by atoms with Crippen LogP contribution in [0.25, 0.3) is 0 Å². The second-order valence-electron chi connectivity index (χ2n) is 3.64. The molecule has 0 radical (unpaired) electrons. The Morgan fingerprint density at radius 2 is 2.33 bits per heavy atom. The van der Waals surface area contributed by atoms with Crippen molar-refractivity contribution < 1.29 is 4.79 Å². The van der Waals surface area contributed by atoms with Gasteiger partial charge in [0.1, 0.15) is 0 Å². The summed E-state index contributed by atoms with van der Waals surface area (Å²) in [5.74, 6) is 0.545. The van der Waals surface area contributed by atoms with Gasteiger partial charge in [-0.25, -0.2) is 0 Å². The number of nitrogens with zero attached hydrogens (tertiary/aromatic N) is 2. The van der Waals surface area contributed by atoms with Gasteiger partial charge in [0.2, 0.25) is 5.91 Å². The van der Waals surface area contributed by atoms with Crippen molar-refractivity contribution in [2.75, 3.05) is 12.4 Å². The largest absolute Gasteiger partial charge is 0.355 e. The minimum Gasteiger partial charge on any atom is -0.355 e. The van der Waals surface area contributed by atoms with Crippen molar-refractivity contribution in [2.45, 2.75) is 19.3 Å². The number of fused-ring (bicyclic) bond motifs is 1. The molecule has 1 unspecified atom stereocenters. The van der Waals surface area contributed by atoms with Crippen LogP contribution in [0.4, 0.5) is 0 Å². The first-order valence-electron chi connectivity index (χ1n) is 5.03. The van der Waals surface area contributed by atoms with Crippen molar-refractivity contribution in [3.8, 4) is 0 Å². The summed E-state index contributed by atoms with van der Waals surface area (Å²) in [5, 5.41) is 13.4. The van der Waals surface area contributed by atoms with Gasteiger partial charge in [-0.1, -0.05) is 0 Å². The maximum absolute atomic E-state index is 11.7. The zero-order chi connectivity index (χ0) is 10.7. The van der Waals surface area contributed by atoms with E-state index in [9.17, 15) is 4.79 Å². The molecule has 0 aromatic carbocycles. The van der Waals surface area contributed by atoms with Crippen LogP contribution in [-0.4, -0.2) is 33.7 Å². The third-order valence-corrected chi connectivity index (χ3v) is 2.83. The number of aromatic amines is 1. The summed E-state index contributed by atoms with van der Waals surface area (Å²) in [6, 6.07) is 0. The van der Waals surface area contributed by atoms with Gasteiger partial charge in [0, 0.05) is 24.8 Å². The van der Waals surface area contributed by atoms with Crippen LogP contribution in [0.2, 0.25) is 0 Å². The third kappa shape index (κ3) is 2.28. The monoisotopic (exact) mass is 228 g/mol. The number of H-pyrrole nitrogens is 1. The number of amides is 1. The van der Waals surface area contributed by atoms with E-state index < -0.39 is 0 Å². The van der Waals surface area contributed by atoms with Crippen LogP contribution in [0.5, 0.6) is 0 Å². The van der Waals surface area contributed by atoms with E-state index in [1.54, 1.807) is 0 Å². The predicted octanol–water partition coefficient (Wildman–Crippen LogP) is 0.265. The molecular formula is C9H13ClN4O. The summed E-state index contributed by atoms with van der Waals surface area (Å²) in [4.78, 5) is 11.7. The summed E-state index contributed by atoms with van der Waals surface area (Å²) < 4.78 is 0. The van der Waals surface area contributed by atoms with Gasteiger partial charge in [0.15, 0.2) is 0 Å². The lowest BCUT2D eigenvalue weighted by atomic mass is 9.89.